The van der Waals surface area contributed by atoms with Crippen LogP contribution in [-0.2, 0) is 14.3 Å². The maximum absolute atomic E-state index is 11.9. The van der Waals surface area contributed by atoms with Gasteiger partial charge in [0.05, 0.1) is 31.4 Å². The first kappa shape index (κ1) is 14.1. The molecule has 0 spiro atoms. The molecule has 3 unspecified atom stereocenters. The highest BCUT2D eigenvalue weighted by molar-refractivity contribution is 5.77. The van der Waals surface area contributed by atoms with Crippen LogP contribution in [0.2, 0.25) is 0 Å². The molecule has 2 aliphatic rings. The van der Waals surface area contributed by atoms with Crippen molar-refractivity contribution in [3.63, 3.8) is 0 Å². The molecule has 108 valence electrons. The highest BCUT2D eigenvalue weighted by Gasteiger charge is 2.36. The lowest BCUT2D eigenvalue weighted by molar-refractivity contribution is -0.142. The zero-order valence-corrected chi connectivity index (χ0v) is 11.0. The fourth-order valence-corrected chi connectivity index (χ4v) is 2.45. The zero-order chi connectivity index (χ0) is 13.9. The Hall–Kier alpha value is -1.34. The van der Waals surface area contributed by atoms with Gasteiger partial charge in [-0.05, 0) is 19.8 Å². The maximum Gasteiger partial charge on any atom is 0.315 e. The Morgan fingerprint density at radius 3 is 2.74 bits per heavy atom. The number of urea groups is 1. The van der Waals surface area contributed by atoms with Crippen LogP contribution < -0.4 is 10.6 Å². The number of aliphatic carboxylic acids is 1. The van der Waals surface area contributed by atoms with Gasteiger partial charge in [-0.3, -0.25) is 4.79 Å². The summed E-state index contributed by atoms with van der Waals surface area (Å²) in [6.07, 6.45) is 1.75. The normalized spacial score (nSPS) is 34.8. The van der Waals surface area contributed by atoms with Crippen molar-refractivity contribution < 1.29 is 24.2 Å². The molecule has 0 aromatic carbocycles. The molecule has 0 radical (unpaired) electrons. The highest BCUT2D eigenvalue weighted by Crippen LogP contribution is 2.18. The summed E-state index contributed by atoms with van der Waals surface area (Å²) >= 11 is 0. The second-order valence-electron chi connectivity index (χ2n) is 5.40. The number of rotatable bonds is 3. The number of carboxylic acid groups (broad SMARTS) is 1. The van der Waals surface area contributed by atoms with Gasteiger partial charge in [-0.15, -0.1) is 0 Å². The molecule has 2 fully saturated rings. The Bertz CT molecular complexity index is 354. The lowest BCUT2D eigenvalue weighted by atomic mass is 9.95. The average Bonchev–Trinajstić information content (AvgIpc) is 2.77. The van der Waals surface area contributed by atoms with Gasteiger partial charge in [0, 0.05) is 6.61 Å². The Labute approximate surface area is 111 Å². The van der Waals surface area contributed by atoms with E-state index in [4.69, 9.17) is 14.6 Å². The number of carboxylic acids is 1. The molecular weight excluding hydrogens is 252 g/mol. The lowest BCUT2D eigenvalue weighted by Gasteiger charge is -2.34. The average molecular weight is 272 g/mol. The van der Waals surface area contributed by atoms with Gasteiger partial charge in [-0.2, -0.15) is 0 Å². The van der Waals surface area contributed by atoms with Crippen molar-refractivity contribution in [2.24, 2.45) is 5.92 Å². The first-order chi connectivity index (χ1) is 9.00. The Balaban J connectivity index is 1.85. The summed E-state index contributed by atoms with van der Waals surface area (Å²) in [6, 6.07) is -0.847. The van der Waals surface area contributed by atoms with Gasteiger partial charge in [0.2, 0.25) is 0 Å². The largest absolute Gasteiger partial charge is 0.481 e. The molecule has 0 aromatic heterocycles. The number of carbonyl (C=O) groups excluding carboxylic acids is 1. The number of hydrogen-bond acceptors (Lipinski definition) is 4. The van der Waals surface area contributed by atoms with Crippen molar-refractivity contribution in [1.29, 1.82) is 0 Å². The minimum absolute atomic E-state index is 0.140. The summed E-state index contributed by atoms with van der Waals surface area (Å²) in [7, 11) is 0. The van der Waals surface area contributed by atoms with E-state index < -0.39 is 17.9 Å². The van der Waals surface area contributed by atoms with Gasteiger partial charge in [0.25, 0.3) is 0 Å². The molecular formula is C12H20N2O5. The standard InChI is InChI=1S/C12H20N2O5/c1-12(3-2-4-18-7-12)14-11(17)13-9-6-19-5-8(9)10(15)16/h8-9H,2-7H2,1H3,(H,15,16)(H2,13,14,17). The fourth-order valence-electron chi connectivity index (χ4n) is 2.45. The molecule has 0 aromatic rings. The predicted molar refractivity (Wildman–Crippen MR) is 65.9 cm³/mol. The van der Waals surface area contributed by atoms with Crippen LogP contribution in [0.3, 0.4) is 0 Å². The molecule has 2 heterocycles. The summed E-state index contributed by atoms with van der Waals surface area (Å²) in [6.45, 7) is 3.49. The van der Waals surface area contributed by atoms with Crippen LogP contribution in [0.25, 0.3) is 0 Å². The van der Waals surface area contributed by atoms with E-state index in [1.165, 1.54) is 0 Å². The van der Waals surface area contributed by atoms with Crippen LogP contribution in [-0.4, -0.2) is 55.1 Å². The summed E-state index contributed by atoms with van der Waals surface area (Å²) < 4.78 is 10.5. The topological polar surface area (TPSA) is 96.9 Å². The van der Waals surface area contributed by atoms with E-state index >= 15 is 0 Å². The van der Waals surface area contributed by atoms with Crippen molar-refractivity contribution in [3.8, 4) is 0 Å². The Morgan fingerprint density at radius 2 is 2.11 bits per heavy atom. The summed E-state index contributed by atoms with van der Waals surface area (Å²) in [4.78, 5) is 22.9. The minimum Gasteiger partial charge on any atom is -0.481 e. The molecule has 2 amide bonds. The number of ether oxygens (including phenoxy) is 2. The van der Waals surface area contributed by atoms with Gasteiger partial charge in [-0.1, -0.05) is 0 Å². The van der Waals surface area contributed by atoms with Crippen molar-refractivity contribution >= 4 is 12.0 Å². The van der Waals surface area contributed by atoms with Crippen LogP contribution >= 0.6 is 0 Å². The van der Waals surface area contributed by atoms with Crippen LogP contribution in [0.15, 0.2) is 0 Å². The van der Waals surface area contributed by atoms with Gasteiger partial charge in [0.15, 0.2) is 0 Å². The third-order valence-electron chi connectivity index (χ3n) is 3.57. The Kier molecular flexibility index (Phi) is 4.26. The van der Waals surface area contributed by atoms with Gasteiger partial charge in [0.1, 0.15) is 5.92 Å². The SMILES string of the molecule is CC1(NC(=O)NC2COCC2C(=O)O)CCCOC1. The zero-order valence-electron chi connectivity index (χ0n) is 11.0. The number of hydrogen-bond donors (Lipinski definition) is 3. The summed E-state index contributed by atoms with van der Waals surface area (Å²) in [5.74, 6) is -1.63. The van der Waals surface area contributed by atoms with Crippen LogP contribution in [0.1, 0.15) is 19.8 Å². The number of nitrogens with one attached hydrogen (secondary N) is 2. The van der Waals surface area contributed by atoms with E-state index in [0.717, 1.165) is 19.4 Å². The van der Waals surface area contributed by atoms with Crippen molar-refractivity contribution in [3.05, 3.63) is 0 Å². The second kappa shape index (κ2) is 5.75. The molecule has 0 saturated carbocycles. The first-order valence-corrected chi connectivity index (χ1v) is 6.47. The minimum atomic E-state index is -0.949. The van der Waals surface area contributed by atoms with E-state index in [-0.39, 0.29) is 24.8 Å². The first-order valence-electron chi connectivity index (χ1n) is 6.47. The van der Waals surface area contributed by atoms with E-state index in [9.17, 15) is 9.59 Å². The molecule has 3 N–H and O–H groups in total. The van der Waals surface area contributed by atoms with E-state index in [2.05, 4.69) is 10.6 Å². The number of amides is 2. The van der Waals surface area contributed by atoms with Gasteiger partial charge in [-0.25, -0.2) is 4.79 Å². The monoisotopic (exact) mass is 272 g/mol. The van der Waals surface area contributed by atoms with E-state index in [1.54, 1.807) is 0 Å². The van der Waals surface area contributed by atoms with Crippen LogP contribution in [0.4, 0.5) is 4.79 Å². The Morgan fingerprint density at radius 1 is 1.32 bits per heavy atom. The molecule has 0 bridgehead atoms. The van der Waals surface area contributed by atoms with Crippen molar-refractivity contribution in [2.45, 2.75) is 31.3 Å². The third-order valence-corrected chi connectivity index (χ3v) is 3.57. The van der Waals surface area contributed by atoms with Crippen LogP contribution in [0, 0.1) is 5.92 Å². The lowest BCUT2D eigenvalue weighted by Crippen LogP contribution is -2.57. The summed E-state index contributed by atoms with van der Waals surface area (Å²) in [5, 5.41) is 14.5. The smallest absolute Gasteiger partial charge is 0.315 e. The van der Waals surface area contributed by atoms with Crippen molar-refractivity contribution in [1.82, 2.24) is 10.6 Å². The molecule has 2 aliphatic heterocycles. The molecule has 2 rings (SSSR count). The molecule has 19 heavy (non-hydrogen) atoms. The number of carbonyl (C=O) groups is 2. The molecule has 3 atom stereocenters. The maximum atomic E-state index is 11.9. The fraction of sp³-hybridized carbons (Fsp3) is 0.833. The quantitative estimate of drug-likeness (QED) is 0.669. The van der Waals surface area contributed by atoms with Gasteiger partial charge >= 0.3 is 12.0 Å². The van der Waals surface area contributed by atoms with Crippen molar-refractivity contribution in [2.75, 3.05) is 26.4 Å². The molecule has 2 saturated heterocycles. The predicted octanol–water partition coefficient (Wildman–Crippen LogP) is -0.0457. The highest BCUT2D eigenvalue weighted by atomic mass is 16.5. The summed E-state index contributed by atoms with van der Waals surface area (Å²) in [5.41, 5.74) is -0.388. The molecule has 7 nitrogen and oxygen atoms in total. The molecule has 0 aliphatic carbocycles. The van der Waals surface area contributed by atoms with Crippen LogP contribution in [0.5, 0.6) is 0 Å². The van der Waals surface area contributed by atoms with E-state index in [1.807, 2.05) is 6.92 Å². The third kappa shape index (κ3) is 3.57. The van der Waals surface area contributed by atoms with Gasteiger partial charge < -0.3 is 25.2 Å². The molecule has 7 heteroatoms. The second-order valence-corrected chi connectivity index (χ2v) is 5.40. The van der Waals surface area contributed by atoms with E-state index in [0.29, 0.717) is 6.61 Å².